The van der Waals surface area contributed by atoms with E-state index >= 15 is 0 Å². The number of amides is 1. The van der Waals surface area contributed by atoms with E-state index in [2.05, 4.69) is 44.8 Å². The minimum absolute atomic E-state index is 0.154. The average Bonchev–Trinajstić information content (AvgIpc) is 3.45. The van der Waals surface area contributed by atoms with Crippen LogP contribution >= 0.6 is 11.3 Å². The Kier molecular flexibility index (Phi) is 9.23. The Balaban J connectivity index is 1.07. The molecule has 0 unspecified atom stereocenters. The summed E-state index contributed by atoms with van der Waals surface area (Å²) < 4.78 is 14.1. The number of anilines is 1. The molecule has 0 radical (unpaired) electrons. The van der Waals surface area contributed by atoms with E-state index in [9.17, 15) is 9.59 Å². The molecule has 0 spiro atoms. The van der Waals surface area contributed by atoms with E-state index in [0.29, 0.717) is 30.3 Å². The fraction of sp³-hybridized carbons (Fsp3) is 0.419. The van der Waals surface area contributed by atoms with Crippen molar-refractivity contribution in [2.45, 2.75) is 33.4 Å². The maximum absolute atomic E-state index is 12.5. The van der Waals surface area contributed by atoms with Crippen LogP contribution in [-0.4, -0.2) is 61.4 Å². The summed E-state index contributed by atoms with van der Waals surface area (Å²) >= 11 is 1.80. The molecular weight excluding hydrogens is 524 g/mol. The first-order valence-corrected chi connectivity index (χ1v) is 15.0. The Bertz CT molecular complexity index is 1490. The monoisotopic (exact) mass is 562 g/mol. The molecule has 9 heteroatoms. The molecule has 4 aromatic rings. The van der Waals surface area contributed by atoms with Crippen molar-refractivity contribution in [1.82, 2.24) is 14.8 Å². The van der Waals surface area contributed by atoms with Crippen molar-refractivity contribution in [3.8, 4) is 5.75 Å². The van der Waals surface area contributed by atoms with Crippen LogP contribution in [0, 0.1) is 5.92 Å². The Labute approximate surface area is 239 Å². The molecule has 2 aromatic carbocycles. The van der Waals surface area contributed by atoms with Gasteiger partial charge in [-0.1, -0.05) is 19.9 Å². The lowest BCUT2D eigenvalue weighted by Gasteiger charge is -2.36. The molecule has 40 heavy (non-hydrogen) atoms. The number of ether oxygens (including phenoxy) is 2. The van der Waals surface area contributed by atoms with Crippen LogP contribution in [0.5, 0.6) is 5.75 Å². The van der Waals surface area contributed by atoms with Gasteiger partial charge in [0.25, 0.3) is 5.56 Å². The molecule has 1 N–H and O–H groups in total. The SMILES string of the molecule is CC(C)CNC(=O)OCn1c(=O)ccc2ccc(OCCCCN3CCN(c4cccc5sccc45)CC3)cc21. The number of nitrogens with zero attached hydrogens (tertiary/aromatic N) is 3. The normalized spacial score (nSPS) is 14.2. The molecule has 1 fully saturated rings. The Hall–Kier alpha value is -3.56. The quantitative estimate of drug-likeness (QED) is 0.242. The summed E-state index contributed by atoms with van der Waals surface area (Å²) in [5.74, 6) is 1.02. The van der Waals surface area contributed by atoms with Gasteiger partial charge in [-0.2, -0.15) is 0 Å². The van der Waals surface area contributed by atoms with Crippen molar-refractivity contribution in [3.63, 3.8) is 0 Å². The van der Waals surface area contributed by atoms with Crippen molar-refractivity contribution in [2.24, 2.45) is 5.92 Å². The van der Waals surface area contributed by atoms with E-state index in [1.54, 1.807) is 17.4 Å². The number of hydrogen-bond donors (Lipinski definition) is 1. The molecule has 1 aliphatic heterocycles. The van der Waals surface area contributed by atoms with Crippen LogP contribution in [0.1, 0.15) is 26.7 Å². The Morgan fingerprint density at radius 1 is 1.02 bits per heavy atom. The number of unbranched alkanes of at least 4 members (excludes halogenated alkanes) is 1. The molecule has 1 aliphatic rings. The number of pyridine rings is 1. The lowest BCUT2D eigenvalue weighted by atomic mass is 10.2. The zero-order valence-electron chi connectivity index (χ0n) is 23.3. The van der Waals surface area contributed by atoms with Crippen LogP contribution in [-0.2, 0) is 11.5 Å². The second kappa shape index (κ2) is 13.2. The highest BCUT2D eigenvalue weighted by atomic mass is 32.1. The van der Waals surface area contributed by atoms with E-state index in [0.717, 1.165) is 51.0 Å². The largest absolute Gasteiger partial charge is 0.494 e. The molecule has 5 rings (SSSR count). The van der Waals surface area contributed by atoms with Crippen molar-refractivity contribution in [2.75, 3.05) is 50.8 Å². The number of nitrogens with one attached hydrogen (secondary N) is 1. The second-order valence-corrected chi connectivity index (χ2v) is 11.6. The average molecular weight is 563 g/mol. The molecule has 8 nitrogen and oxygen atoms in total. The molecule has 0 saturated carbocycles. The summed E-state index contributed by atoms with van der Waals surface area (Å²) in [6, 6.07) is 17.8. The summed E-state index contributed by atoms with van der Waals surface area (Å²) in [5.41, 5.74) is 1.81. The molecule has 0 atom stereocenters. The van der Waals surface area contributed by atoms with E-state index < -0.39 is 6.09 Å². The highest BCUT2D eigenvalue weighted by molar-refractivity contribution is 7.17. The summed E-state index contributed by atoms with van der Waals surface area (Å²) in [6.07, 6.45) is 1.48. The number of fused-ring (bicyclic) bond motifs is 2. The molecule has 0 aliphatic carbocycles. The van der Waals surface area contributed by atoms with Gasteiger partial charge in [0.15, 0.2) is 6.73 Å². The van der Waals surface area contributed by atoms with Crippen molar-refractivity contribution in [1.29, 1.82) is 0 Å². The zero-order chi connectivity index (χ0) is 27.9. The summed E-state index contributed by atoms with van der Waals surface area (Å²) in [4.78, 5) is 29.6. The number of benzene rings is 2. The number of alkyl carbamates (subject to hydrolysis) is 1. The maximum atomic E-state index is 12.5. The molecular formula is C31H38N4O4S. The smallest absolute Gasteiger partial charge is 0.408 e. The zero-order valence-corrected chi connectivity index (χ0v) is 24.1. The first-order chi connectivity index (χ1) is 19.5. The second-order valence-electron chi connectivity index (χ2n) is 10.6. The molecule has 1 saturated heterocycles. The summed E-state index contributed by atoms with van der Waals surface area (Å²) in [7, 11) is 0. The highest BCUT2D eigenvalue weighted by Crippen LogP contribution is 2.31. The van der Waals surface area contributed by atoms with E-state index in [1.165, 1.54) is 26.4 Å². The number of aromatic nitrogens is 1. The fourth-order valence-corrected chi connectivity index (χ4v) is 5.85. The number of carbonyl (C=O) groups excluding carboxylic acids is 1. The topological polar surface area (TPSA) is 76.0 Å². The maximum Gasteiger partial charge on any atom is 0.408 e. The number of thiophene rings is 1. The van der Waals surface area contributed by atoms with Crippen LogP contribution in [0.15, 0.2) is 64.8 Å². The fourth-order valence-electron chi connectivity index (χ4n) is 5.05. The van der Waals surface area contributed by atoms with Gasteiger partial charge in [-0.05, 0) is 72.5 Å². The van der Waals surface area contributed by atoms with Gasteiger partial charge in [-0.15, -0.1) is 11.3 Å². The Morgan fingerprint density at radius 2 is 1.85 bits per heavy atom. The van der Waals surface area contributed by atoms with E-state index in [4.69, 9.17) is 9.47 Å². The van der Waals surface area contributed by atoms with E-state index in [-0.39, 0.29) is 12.3 Å². The van der Waals surface area contributed by atoms with E-state index in [1.807, 2.05) is 32.0 Å². The van der Waals surface area contributed by atoms with Gasteiger partial charge in [0.1, 0.15) is 5.75 Å². The van der Waals surface area contributed by atoms with Gasteiger partial charge >= 0.3 is 6.09 Å². The first-order valence-electron chi connectivity index (χ1n) is 14.1. The predicted molar refractivity (Wildman–Crippen MR) is 163 cm³/mol. The molecule has 1 amide bonds. The van der Waals surface area contributed by atoms with Gasteiger partial charge in [0.05, 0.1) is 12.1 Å². The standard InChI is InChI=1S/C31H38N4O4S/c1-23(2)21-32-31(37)39-22-35-28-20-25(10-8-24(28)9-11-30(35)36)38-18-4-3-13-33-14-16-34(17-15-33)27-6-5-7-29-26(27)12-19-40-29/h5-12,19-20,23H,3-4,13-18,21-22H2,1-2H3,(H,32,37). The summed E-state index contributed by atoms with van der Waals surface area (Å²) in [6.45, 7) is 10.3. The predicted octanol–water partition coefficient (Wildman–Crippen LogP) is 5.54. The lowest BCUT2D eigenvalue weighted by molar-refractivity contribution is 0.113. The molecule has 0 bridgehead atoms. The first kappa shape index (κ1) is 28.0. The van der Waals surface area contributed by atoms with Crippen LogP contribution in [0.4, 0.5) is 10.5 Å². The van der Waals surface area contributed by atoms with Gasteiger partial charge in [0, 0.05) is 60.6 Å². The third kappa shape index (κ3) is 6.95. The van der Waals surface area contributed by atoms with Crippen molar-refractivity contribution < 1.29 is 14.3 Å². The minimum Gasteiger partial charge on any atom is -0.494 e. The summed E-state index contributed by atoms with van der Waals surface area (Å²) in [5, 5.41) is 7.12. The van der Waals surface area contributed by atoms with Crippen LogP contribution < -0.4 is 20.5 Å². The van der Waals surface area contributed by atoms with Gasteiger partial charge < -0.3 is 19.7 Å². The van der Waals surface area contributed by atoms with Crippen molar-refractivity contribution >= 4 is 44.1 Å². The van der Waals surface area contributed by atoms with Crippen LogP contribution in [0.3, 0.4) is 0 Å². The number of rotatable bonds is 11. The third-order valence-corrected chi connectivity index (χ3v) is 8.15. The van der Waals surface area contributed by atoms with Crippen LogP contribution in [0.2, 0.25) is 0 Å². The highest BCUT2D eigenvalue weighted by Gasteiger charge is 2.18. The lowest BCUT2D eigenvalue weighted by Crippen LogP contribution is -2.46. The van der Waals surface area contributed by atoms with Gasteiger partial charge in [0.2, 0.25) is 0 Å². The molecule has 212 valence electrons. The molecule has 3 heterocycles. The Morgan fingerprint density at radius 3 is 2.67 bits per heavy atom. The number of piperazine rings is 1. The minimum atomic E-state index is -0.536. The molecule has 2 aromatic heterocycles. The van der Waals surface area contributed by atoms with Gasteiger partial charge in [-0.3, -0.25) is 14.3 Å². The number of carbonyl (C=O) groups is 1. The third-order valence-electron chi connectivity index (χ3n) is 7.27. The number of hydrogen-bond acceptors (Lipinski definition) is 7. The van der Waals surface area contributed by atoms with Gasteiger partial charge in [-0.25, -0.2) is 4.79 Å². The van der Waals surface area contributed by atoms with Crippen molar-refractivity contribution in [3.05, 3.63) is 70.3 Å². The van der Waals surface area contributed by atoms with Crippen LogP contribution in [0.25, 0.3) is 21.0 Å².